The molecule has 0 saturated carbocycles. The monoisotopic (exact) mass is 208 g/mol. The van der Waals surface area contributed by atoms with Crippen LogP contribution >= 0.6 is 0 Å². The second-order valence-electron chi connectivity index (χ2n) is 4.64. The number of hydrogen-bond acceptors (Lipinski definition) is 3. The Morgan fingerprint density at radius 1 is 1.40 bits per heavy atom. The van der Waals surface area contributed by atoms with E-state index in [1.54, 1.807) is 0 Å². The van der Waals surface area contributed by atoms with Crippen LogP contribution in [-0.2, 0) is 18.9 Å². The lowest BCUT2D eigenvalue weighted by atomic mass is 9.80. The fraction of sp³-hybridized carbons (Fsp3) is 0.818. The van der Waals surface area contributed by atoms with E-state index in [-0.39, 0.29) is 5.41 Å². The van der Waals surface area contributed by atoms with E-state index in [0.29, 0.717) is 0 Å². The van der Waals surface area contributed by atoms with Gasteiger partial charge in [-0.1, -0.05) is 13.8 Å². The highest BCUT2D eigenvalue weighted by Crippen LogP contribution is 2.31. The molecule has 4 heteroatoms. The molecule has 0 atom stereocenters. The summed E-state index contributed by atoms with van der Waals surface area (Å²) in [5.41, 5.74) is 0.209. The van der Waals surface area contributed by atoms with Crippen molar-refractivity contribution in [3.05, 3.63) is 11.6 Å². The number of hydrogen-bond donors (Lipinski definition) is 1. The van der Waals surface area contributed by atoms with Gasteiger partial charge in [0.2, 0.25) is 0 Å². The molecular formula is C11H20N4. The Kier molecular flexibility index (Phi) is 2.78. The highest BCUT2D eigenvalue weighted by molar-refractivity contribution is 5.09. The summed E-state index contributed by atoms with van der Waals surface area (Å²) >= 11 is 0. The molecule has 2 heterocycles. The van der Waals surface area contributed by atoms with Gasteiger partial charge in [-0.15, -0.1) is 0 Å². The minimum Gasteiger partial charge on any atom is -0.317 e. The third-order valence-corrected chi connectivity index (χ3v) is 3.37. The number of piperidine rings is 1. The Balaban J connectivity index is 2.30. The first-order chi connectivity index (χ1) is 7.15. The third-order valence-electron chi connectivity index (χ3n) is 3.37. The van der Waals surface area contributed by atoms with E-state index in [0.717, 1.165) is 44.0 Å². The van der Waals surface area contributed by atoms with Crippen LogP contribution in [0.4, 0.5) is 0 Å². The van der Waals surface area contributed by atoms with Gasteiger partial charge in [0.05, 0.1) is 0 Å². The Bertz CT molecular complexity index is 336. The quantitative estimate of drug-likeness (QED) is 0.789. The summed E-state index contributed by atoms with van der Waals surface area (Å²) in [6.07, 6.45) is 3.23. The molecule has 4 nitrogen and oxygen atoms in total. The van der Waals surface area contributed by atoms with Gasteiger partial charge in [0.1, 0.15) is 5.82 Å². The molecule has 1 fully saturated rings. The Morgan fingerprint density at radius 2 is 2.07 bits per heavy atom. The van der Waals surface area contributed by atoms with Crippen molar-refractivity contribution < 1.29 is 0 Å². The summed E-state index contributed by atoms with van der Waals surface area (Å²) < 4.78 is 1.96. The Labute approximate surface area is 91.1 Å². The average molecular weight is 208 g/mol. The molecule has 0 radical (unpaired) electrons. The molecular weight excluding hydrogens is 188 g/mol. The molecule has 0 unspecified atom stereocenters. The van der Waals surface area contributed by atoms with Crippen molar-refractivity contribution in [2.75, 3.05) is 13.1 Å². The molecule has 1 aliphatic heterocycles. The fourth-order valence-corrected chi connectivity index (χ4v) is 2.31. The first kappa shape index (κ1) is 10.6. The zero-order valence-corrected chi connectivity index (χ0v) is 9.88. The molecule has 1 aromatic heterocycles. The van der Waals surface area contributed by atoms with Gasteiger partial charge in [-0.05, 0) is 25.9 Å². The maximum absolute atomic E-state index is 4.65. The molecule has 0 aliphatic carbocycles. The van der Waals surface area contributed by atoms with Crippen molar-refractivity contribution >= 4 is 0 Å². The SMILES string of the molecule is CCc1nc(C2(C)CCNCC2)n(C)n1. The second-order valence-corrected chi connectivity index (χ2v) is 4.64. The van der Waals surface area contributed by atoms with Crippen LogP contribution in [0.3, 0.4) is 0 Å². The minimum atomic E-state index is 0.209. The standard InChI is InChI=1S/C11H20N4/c1-4-9-13-10(15(3)14-9)11(2)5-7-12-8-6-11/h12H,4-8H2,1-3H3. The number of nitrogens with zero attached hydrogens (tertiary/aromatic N) is 3. The van der Waals surface area contributed by atoms with E-state index in [4.69, 9.17) is 0 Å². The maximum atomic E-state index is 4.65. The lowest BCUT2D eigenvalue weighted by molar-refractivity contribution is 0.309. The topological polar surface area (TPSA) is 42.7 Å². The summed E-state index contributed by atoms with van der Waals surface area (Å²) in [6, 6.07) is 0. The van der Waals surface area contributed by atoms with Crippen LogP contribution in [0.25, 0.3) is 0 Å². The second kappa shape index (κ2) is 3.93. The predicted octanol–water partition coefficient (Wildman–Crippen LogP) is 1.02. The molecule has 2 rings (SSSR count). The van der Waals surface area contributed by atoms with Gasteiger partial charge in [0.15, 0.2) is 5.82 Å². The molecule has 15 heavy (non-hydrogen) atoms. The van der Waals surface area contributed by atoms with Crippen LogP contribution in [0.1, 0.15) is 38.3 Å². The van der Waals surface area contributed by atoms with Gasteiger partial charge in [0, 0.05) is 18.9 Å². The van der Waals surface area contributed by atoms with Crippen LogP contribution in [-0.4, -0.2) is 27.9 Å². The van der Waals surface area contributed by atoms with Gasteiger partial charge in [0.25, 0.3) is 0 Å². The Morgan fingerprint density at radius 3 is 2.60 bits per heavy atom. The summed E-state index contributed by atoms with van der Waals surface area (Å²) in [5.74, 6) is 2.12. The van der Waals surface area contributed by atoms with Crippen LogP contribution in [0, 0.1) is 0 Å². The minimum absolute atomic E-state index is 0.209. The van der Waals surface area contributed by atoms with E-state index in [1.807, 2.05) is 11.7 Å². The lowest BCUT2D eigenvalue weighted by Gasteiger charge is -2.32. The van der Waals surface area contributed by atoms with Crippen molar-refractivity contribution in [1.82, 2.24) is 20.1 Å². The summed E-state index contributed by atoms with van der Waals surface area (Å²) in [5, 5.41) is 7.83. The fourth-order valence-electron chi connectivity index (χ4n) is 2.31. The van der Waals surface area contributed by atoms with E-state index >= 15 is 0 Å². The van der Waals surface area contributed by atoms with Crippen LogP contribution < -0.4 is 5.32 Å². The molecule has 0 bridgehead atoms. The number of nitrogens with one attached hydrogen (secondary N) is 1. The van der Waals surface area contributed by atoms with Crippen molar-refractivity contribution in [2.45, 2.75) is 38.5 Å². The van der Waals surface area contributed by atoms with E-state index in [9.17, 15) is 0 Å². The molecule has 1 aliphatic rings. The van der Waals surface area contributed by atoms with Gasteiger partial charge in [-0.25, -0.2) is 4.98 Å². The van der Waals surface area contributed by atoms with Crippen LogP contribution in [0.15, 0.2) is 0 Å². The zero-order valence-electron chi connectivity index (χ0n) is 9.88. The van der Waals surface area contributed by atoms with Crippen LogP contribution in [0.5, 0.6) is 0 Å². The van der Waals surface area contributed by atoms with Gasteiger partial charge < -0.3 is 5.32 Å². The Hall–Kier alpha value is -0.900. The van der Waals surface area contributed by atoms with Gasteiger partial charge >= 0.3 is 0 Å². The summed E-state index contributed by atoms with van der Waals surface area (Å²) in [7, 11) is 2.01. The average Bonchev–Trinajstić information content (AvgIpc) is 2.61. The normalized spacial score (nSPS) is 20.5. The number of aryl methyl sites for hydroxylation is 2. The molecule has 1 N–H and O–H groups in total. The van der Waals surface area contributed by atoms with Crippen LogP contribution in [0.2, 0.25) is 0 Å². The first-order valence-corrected chi connectivity index (χ1v) is 5.77. The number of aromatic nitrogens is 3. The number of rotatable bonds is 2. The molecule has 0 spiro atoms. The smallest absolute Gasteiger partial charge is 0.150 e. The third kappa shape index (κ3) is 1.91. The lowest BCUT2D eigenvalue weighted by Crippen LogP contribution is -2.39. The summed E-state index contributed by atoms with van der Waals surface area (Å²) in [6.45, 7) is 6.58. The van der Waals surface area contributed by atoms with Crippen molar-refractivity contribution in [1.29, 1.82) is 0 Å². The maximum Gasteiger partial charge on any atom is 0.150 e. The van der Waals surface area contributed by atoms with E-state index < -0.39 is 0 Å². The molecule has 0 amide bonds. The predicted molar refractivity (Wildman–Crippen MR) is 59.8 cm³/mol. The summed E-state index contributed by atoms with van der Waals surface area (Å²) in [4.78, 5) is 4.65. The van der Waals surface area contributed by atoms with Crippen molar-refractivity contribution in [3.63, 3.8) is 0 Å². The first-order valence-electron chi connectivity index (χ1n) is 5.77. The van der Waals surface area contributed by atoms with E-state index in [1.165, 1.54) is 0 Å². The molecule has 1 aromatic rings. The largest absolute Gasteiger partial charge is 0.317 e. The van der Waals surface area contributed by atoms with Gasteiger partial charge in [-0.2, -0.15) is 5.10 Å². The highest BCUT2D eigenvalue weighted by atomic mass is 15.3. The van der Waals surface area contributed by atoms with Crippen molar-refractivity contribution in [2.24, 2.45) is 7.05 Å². The zero-order chi connectivity index (χ0) is 10.9. The van der Waals surface area contributed by atoms with Gasteiger partial charge in [-0.3, -0.25) is 4.68 Å². The van der Waals surface area contributed by atoms with Crippen molar-refractivity contribution in [3.8, 4) is 0 Å². The molecule has 84 valence electrons. The highest BCUT2D eigenvalue weighted by Gasteiger charge is 2.33. The van der Waals surface area contributed by atoms with E-state index in [2.05, 4.69) is 29.2 Å². The molecule has 0 aromatic carbocycles. The molecule has 1 saturated heterocycles.